The summed E-state index contributed by atoms with van der Waals surface area (Å²) in [7, 11) is -3.82. The maximum atomic E-state index is 12.9. The first-order valence-corrected chi connectivity index (χ1v) is 11.5. The van der Waals surface area contributed by atoms with Crippen molar-refractivity contribution in [3.05, 3.63) is 89.5 Å². The van der Waals surface area contributed by atoms with E-state index >= 15 is 0 Å². The maximum Gasteiger partial charge on any atom is 0.261 e. The average molecular weight is 439 g/mol. The Labute approximate surface area is 183 Å². The van der Waals surface area contributed by atoms with Gasteiger partial charge in [0.1, 0.15) is 5.75 Å². The number of amides is 1. The lowest BCUT2D eigenvalue weighted by molar-refractivity contribution is 0.0941. The Kier molecular flexibility index (Phi) is 6.97. The zero-order chi connectivity index (χ0) is 22.4. The highest BCUT2D eigenvalue weighted by Crippen LogP contribution is 2.22. The summed E-state index contributed by atoms with van der Waals surface area (Å²) in [6, 6.07) is 20.3. The molecule has 31 heavy (non-hydrogen) atoms. The molecule has 3 aromatic rings. The molecule has 7 heteroatoms. The number of benzene rings is 3. The van der Waals surface area contributed by atoms with E-state index in [1.54, 1.807) is 36.4 Å². The molecule has 1 atom stereocenters. The fraction of sp³-hybridized carbons (Fsp3) is 0.208. The number of sulfonamides is 1. The van der Waals surface area contributed by atoms with Gasteiger partial charge < -0.3 is 10.1 Å². The monoisotopic (exact) mass is 438 g/mol. The van der Waals surface area contributed by atoms with Crippen molar-refractivity contribution in [2.24, 2.45) is 0 Å². The lowest BCUT2D eigenvalue weighted by Crippen LogP contribution is -2.28. The van der Waals surface area contributed by atoms with Crippen molar-refractivity contribution in [3.8, 4) is 5.75 Å². The summed E-state index contributed by atoms with van der Waals surface area (Å²) in [5.74, 6) is 0.393. The first kappa shape index (κ1) is 22.4. The van der Waals surface area contributed by atoms with Crippen molar-refractivity contribution < 1.29 is 17.9 Å². The molecular formula is C24H26N2O4S. The molecule has 6 nitrogen and oxygen atoms in total. The van der Waals surface area contributed by atoms with E-state index in [4.69, 9.17) is 4.74 Å². The Balaban J connectivity index is 1.77. The Bertz CT molecular complexity index is 1140. The number of para-hydroxylation sites is 1. The molecule has 0 aliphatic heterocycles. The van der Waals surface area contributed by atoms with Crippen LogP contribution in [-0.4, -0.2) is 20.9 Å². The molecule has 0 unspecified atom stereocenters. The normalized spacial score (nSPS) is 12.1. The summed E-state index contributed by atoms with van der Waals surface area (Å²) in [6.45, 7) is 6.25. The van der Waals surface area contributed by atoms with E-state index in [1.807, 2.05) is 45.0 Å². The molecular weight excluding hydrogens is 412 g/mol. The number of carbonyl (C=O) groups excluding carboxylic acids is 1. The molecule has 0 aliphatic rings. The molecule has 0 saturated carbocycles. The van der Waals surface area contributed by atoms with Gasteiger partial charge in [0.15, 0.2) is 0 Å². The fourth-order valence-corrected chi connectivity index (χ4v) is 4.15. The van der Waals surface area contributed by atoms with Gasteiger partial charge >= 0.3 is 0 Å². The fourth-order valence-electron chi connectivity index (χ4n) is 3.07. The summed E-state index contributed by atoms with van der Waals surface area (Å²) in [4.78, 5) is 13.1. The molecule has 1 amide bonds. The Hall–Kier alpha value is -3.32. The second-order valence-corrected chi connectivity index (χ2v) is 8.84. The van der Waals surface area contributed by atoms with E-state index in [9.17, 15) is 13.2 Å². The largest absolute Gasteiger partial charge is 0.494 e. The average Bonchev–Trinajstić information content (AvgIpc) is 2.75. The third-order valence-corrected chi connectivity index (χ3v) is 6.17. The van der Waals surface area contributed by atoms with Crippen molar-refractivity contribution in [1.82, 2.24) is 5.32 Å². The van der Waals surface area contributed by atoms with E-state index in [2.05, 4.69) is 10.0 Å². The van der Waals surface area contributed by atoms with Crippen molar-refractivity contribution >= 4 is 21.6 Å². The van der Waals surface area contributed by atoms with Crippen LogP contribution in [0.4, 0.5) is 5.69 Å². The summed E-state index contributed by atoms with van der Waals surface area (Å²) in [5, 5.41) is 2.92. The molecule has 0 spiro atoms. The quantitative estimate of drug-likeness (QED) is 0.535. The Morgan fingerprint density at radius 1 is 0.968 bits per heavy atom. The van der Waals surface area contributed by atoms with Gasteiger partial charge in [-0.2, -0.15) is 0 Å². The molecule has 0 bridgehead atoms. The Morgan fingerprint density at radius 3 is 2.26 bits per heavy atom. The first-order valence-electron chi connectivity index (χ1n) is 10.0. The van der Waals surface area contributed by atoms with E-state index in [0.29, 0.717) is 6.61 Å². The van der Waals surface area contributed by atoms with Gasteiger partial charge in [0.25, 0.3) is 15.9 Å². The molecule has 3 rings (SSSR count). The lowest BCUT2D eigenvalue weighted by atomic mass is 10.1. The number of ether oxygens (including phenoxy) is 1. The number of anilines is 1. The van der Waals surface area contributed by atoms with Gasteiger partial charge in [0.2, 0.25) is 0 Å². The predicted octanol–water partition coefficient (Wildman–Crippen LogP) is 4.69. The van der Waals surface area contributed by atoms with Crippen LogP contribution in [0.15, 0.2) is 77.7 Å². The minimum atomic E-state index is -3.82. The van der Waals surface area contributed by atoms with Crippen LogP contribution in [0.1, 0.15) is 41.4 Å². The number of hydrogen-bond acceptors (Lipinski definition) is 4. The number of rotatable bonds is 8. The Morgan fingerprint density at radius 2 is 1.61 bits per heavy atom. The summed E-state index contributed by atoms with van der Waals surface area (Å²) in [5.41, 5.74) is 2.34. The van der Waals surface area contributed by atoms with Crippen LogP contribution in [0.3, 0.4) is 0 Å². The highest BCUT2D eigenvalue weighted by molar-refractivity contribution is 7.92. The van der Waals surface area contributed by atoms with Crippen molar-refractivity contribution in [2.45, 2.75) is 31.7 Å². The molecule has 0 aromatic heterocycles. The highest BCUT2D eigenvalue weighted by Gasteiger charge is 2.20. The van der Waals surface area contributed by atoms with Gasteiger partial charge in [-0.15, -0.1) is 0 Å². The smallest absolute Gasteiger partial charge is 0.261 e. The van der Waals surface area contributed by atoms with Gasteiger partial charge in [-0.3, -0.25) is 9.52 Å². The number of aryl methyl sites for hydroxylation is 1. The van der Waals surface area contributed by atoms with Crippen molar-refractivity contribution in [3.63, 3.8) is 0 Å². The molecule has 3 aromatic carbocycles. The molecule has 162 valence electrons. The van der Waals surface area contributed by atoms with Crippen LogP contribution in [-0.2, 0) is 10.0 Å². The summed E-state index contributed by atoms with van der Waals surface area (Å²) < 4.78 is 33.5. The zero-order valence-electron chi connectivity index (χ0n) is 17.8. The molecule has 0 aliphatic carbocycles. The van der Waals surface area contributed by atoms with Crippen LogP contribution in [0.2, 0.25) is 0 Å². The maximum absolute atomic E-state index is 12.9. The second kappa shape index (κ2) is 9.66. The van der Waals surface area contributed by atoms with Gasteiger partial charge in [-0.1, -0.05) is 42.0 Å². The minimum absolute atomic E-state index is 0.135. The van der Waals surface area contributed by atoms with E-state index in [0.717, 1.165) is 16.9 Å². The number of carbonyl (C=O) groups is 1. The first-order chi connectivity index (χ1) is 14.8. The predicted molar refractivity (Wildman–Crippen MR) is 122 cm³/mol. The van der Waals surface area contributed by atoms with Gasteiger partial charge in [0.05, 0.1) is 28.8 Å². The highest BCUT2D eigenvalue weighted by atomic mass is 32.2. The third-order valence-electron chi connectivity index (χ3n) is 4.79. The SMILES string of the molecule is CCOc1ccc([C@H](C)NC(=O)c2ccccc2NS(=O)(=O)c2ccc(C)cc2)cc1. The second-order valence-electron chi connectivity index (χ2n) is 7.16. The lowest BCUT2D eigenvalue weighted by Gasteiger charge is -2.17. The van der Waals surface area contributed by atoms with Crippen LogP contribution in [0.5, 0.6) is 5.75 Å². The molecule has 0 radical (unpaired) electrons. The number of nitrogens with one attached hydrogen (secondary N) is 2. The molecule has 0 heterocycles. The van der Waals surface area contributed by atoms with Gasteiger partial charge in [-0.05, 0) is 62.7 Å². The molecule has 0 fully saturated rings. The summed E-state index contributed by atoms with van der Waals surface area (Å²) >= 11 is 0. The third kappa shape index (κ3) is 5.64. The zero-order valence-corrected chi connectivity index (χ0v) is 18.6. The molecule has 2 N–H and O–H groups in total. The van der Waals surface area contributed by atoms with Gasteiger partial charge in [-0.25, -0.2) is 8.42 Å². The molecule has 0 saturated heterocycles. The van der Waals surface area contributed by atoms with Gasteiger partial charge in [0, 0.05) is 0 Å². The van der Waals surface area contributed by atoms with E-state index < -0.39 is 10.0 Å². The van der Waals surface area contributed by atoms with E-state index in [1.165, 1.54) is 12.1 Å². The van der Waals surface area contributed by atoms with E-state index in [-0.39, 0.29) is 28.1 Å². The topological polar surface area (TPSA) is 84.5 Å². The minimum Gasteiger partial charge on any atom is -0.494 e. The van der Waals surface area contributed by atoms with Crippen LogP contribution < -0.4 is 14.8 Å². The standard InChI is InChI=1S/C24H26N2O4S/c1-4-30-20-13-11-19(12-14-20)18(3)25-24(27)22-7-5-6-8-23(22)26-31(28,29)21-15-9-17(2)10-16-21/h5-16,18,26H,4H2,1-3H3,(H,25,27)/t18-/m0/s1. The van der Waals surface area contributed by atoms with Crippen LogP contribution >= 0.6 is 0 Å². The summed E-state index contributed by atoms with van der Waals surface area (Å²) in [6.07, 6.45) is 0. The number of hydrogen-bond donors (Lipinski definition) is 2. The van der Waals surface area contributed by atoms with Crippen LogP contribution in [0, 0.1) is 6.92 Å². The van der Waals surface area contributed by atoms with Crippen molar-refractivity contribution in [1.29, 1.82) is 0 Å². The van der Waals surface area contributed by atoms with Crippen molar-refractivity contribution in [2.75, 3.05) is 11.3 Å². The van der Waals surface area contributed by atoms with Crippen LogP contribution in [0.25, 0.3) is 0 Å².